The van der Waals surface area contributed by atoms with Crippen molar-refractivity contribution in [2.24, 2.45) is 11.1 Å². The number of hydrogen-bond acceptors (Lipinski definition) is 2. The average Bonchev–Trinajstić information content (AvgIpc) is 2.30. The second kappa shape index (κ2) is 6.18. The van der Waals surface area contributed by atoms with E-state index in [-0.39, 0.29) is 5.41 Å². The van der Waals surface area contributed by atoms with Gasteiger partial charge in [-0.1, -0.05) is 44.2 Å². The monoisotopic (exact) mass is 234 g/mol. The Bertz CT molecular complexity index is 319. The van der Waals surface area contributed by atoms with Crippen LogP contribution in [-0.2, 0) is 6.42 Å². The summed E-state index contributed by atoms with van der Waals surface area (Å²) >= 11 is 0. The smallest absolute Gasteiger partial charge is 0.0104 e. The Hall–Kier alpha value is -0.860. The van der Waals surface area contributed by atoms with Gasteiger partial charge in [0.1, 0.15) is 0 Å². The van der Waals surface area contributed by atoms with Crippen LogP contribution in [0.1, 0.15) is 26.3 Å². The summed E-state index contributed by atoms with van der Waals surface area (Å²) in [6.45, 7) is 8.49. The molecule has 1 atom stereocenters. The Kier molecular flexibility index (Phi) is 5.16. The third-order valence-electron chi connectivity index (χ3n) is 3.36. The molecule has 2 N–H and O–H groups in total. The van der Waals surface area contributed by atoms with Crippen LogP contribution in [0, 0.1) is 5.41 Å². The highest BCUT2D eigenvalue weighted by Gasteiger charge is 2.20. The van der Waals surface area contributed by atoms with E-state index in [4.69, 9.17) is 5.73 Å². The molecular weight excluding hydrogens is 208 g/mol. The van der Waals surface area contributed by atoms with Crippen molar-refractivity contribution in [3.05, 3.63) is 35.9 Å². The number of hydrogen-bond donors (Lipinski definition) is 1. The molecule has 0 spiro atoms. The molecule has 0 aliphatic heterocycles. The normalized spacial score (nSPS) is 14.0. The molecule has 96 valence electrons. The van der Waals surface area contributed by atoms with Gasteiger partial charge < -0.3 is 10.6 Å². The lowest BCUT2D eigenvalue weighted by atomic mass is 9.92. The van der Waals surface area contributed by atoms with Crippen molar-refractivity contribution in [3.8, 4) is 0 Å². The fourth-order valence-corrected chi connectivity index (χ4v) is 2.01. The van der Waals surface area contributed by atoms with Gasteiger partial charge >= 0.3 is 0 Å². The van der Waals surface area contributed by atoms with Gasteiger partial charge in [-0.15, -0.1) is 0 Å². The van der Waals surface area contributed by atoms with E-state index in [2.05, 4.69) is 63.1 Å². The minimum Gasteiger partial charge on any atom is -0.330 e. The van der Waals surface area contributed by atoms with E-state index < -0.39 is 0 Å². The molecule has 2 heteroatoms. The van der Waals surface area contributed by atoms with Crippen LogP contribution < -0.4 is 5.73 Å². The Balaban J connectivity index is 2.50. The van der Waals surface area contributed by atoms with E-state index in [1.807, 2.05) is 0 Å². The van der Waals surface area contributed by atoms with Crippen LogP contribution >= 0.6 is 0 Å². The molecule has 0 radical (unpaired) electrons. The summed E-state index contributed by atoms with van der Waals surface area (Å²) in [5.74, 6) is 0. The van der Waals surface area contributed by atoms with Gasteiger partial charge in [-0.3, -0.25) is 0 Å². The first-order valence-electron chi connectivity index (χ1n) is 6.39. The molecule has 1 aromatic carbocycles. The topological polar surface area (TPSA) is 29.3 Å². The van der Waals surface area contributed by atoms with Gasteiger partial charge in [0.05, 0.1) is 0 Å². The lowest BCUT2D eigenvalue weighted by molar-refractivity contribution is 0.172. The standard InChI is InChI=1S/C15H26N2/c1-13(10-14-8-6-5-7-9-14)17(4)12-15(2,3)11-16/h5-9,13H,10-12,16H2,1-4H3. The lowest BCUT2D eigenvalue weighted by Gasteiger charge is -2.33. The van der Waals surface area contributed by atoms with E-state index >= 15 is 0 Å². The number of likely N-dealkylation sites (N-methyl/N-ethyl adjacent to an activating group) is 1. The van der Waals surface area contributed by atoms with Crippen molar-refractivity contribution < 1.29 is 0 Å². The van der Waals surface area contributed by atoms with Crippen molar-refractivity contribution in [2.75, 3.05) is 20.1 Å². The maximum absolute atomic E-state index is 5.78. The highest BCUT2D eigenvalue weighted by atomic mass is 15.1. The van der Waals surface area contributed by atoms with E-state index in [9.17, 15) is 0 Å². The van der Waals surface area contributed by atoms with Gasteiger partial charge in [0.2, 0.25) is 0 Å². The molecular formula is C15H26N2. The maximum atomic E-state index is 5.78. The zero-order valence-corrected chi connectivity index (χ0v) is 11.6. The highest BCUT2D eigenvalue weighted by Crippen LogP contribution is 2.16. The first kappa shape index (κ1) is 14.2. The summed E-state index contributed by atoms with van der Waals surface area (Å²) < 4.78 is 0. The zero-order valence-electron chi connectivity index (χ0n) is 11.6. The molecule has 0 saturated heterocycles. The Morgan fingerprint density at radius 2 is 1.82 bits per heavy atom. The molecule has 2 nitrogen and oxygen atoms in total. The third kappa shape index (κ3) is 4.88. The molecule has 0 aliphatic rings. The highest BCUT2D eigenvalue weighted by molar-refractivity contribution is 5.15. The summed E-state index contributed by atoms with van der Waals surface area (Å²) in [5, 5.41) is 0. The minimum absolute atomic E-state index is 0.194. The largest absolute Gasteiger partial charge is 0.330 e. The van der Waals surface area contributed by atoms with Gasteiger partial charge in [-0.2, -0.15) is 0 Å². The third-order valence-corrected chi connectivity index (χ3v) is 3.36. The summed E-state index contributed by atoms with van der Waals surface area (Å²) in [7, 11) is 2.19. The molecule has 0 heterocycles. The van der Waals surface area contributed by atoms with Crippen LogP contribution in [0.2, 0.25) is 0 Å². The van der Waals surface area contributed by atoms with Crippen LogP contribution in [0.15, 0.2) is 30.3 Å². The van der Waals surface area contributed by atoms with E-state index in [1.54, 1.807) is 0 Å². The first-order chi connectivity index (χ1) is 7.94. The Morgan fingerprint density at radius 3 is 2.35 bits per heavy atom. The Morgan fingerprint density at radius 1 is 1.24 bits per heavy atom. The van der Waals surface area contributed by atoms with Crippen molar-refractivity contribution >= 4 is 0 Å². The average molecular weight is 234 g/mol. The summed E-state index contributed by atoms with van der Waals surface area (Å²) in [6.07, 6.45) is 1.10. The van der Waals surface area contributed by atoms with Crippen molar-refractivity contribution in [3.63, 3.8) is 0 Å². The van der Waals surface area contributed by atoms with Gasteiger partial charge in [0, 0.05) is 12.6 Å². The van der Waals surface area contributed by atoms with Crippen LogP contribution in [0.25, 0.3) is 0 Å². The molecule has 0 fully saturated rings. The lowest BCUT2D eigenvalue weighted by Crippen LogP contribution is -2.41. The first-order valence-corrected chi connectivity index (χ1v) is 6.39. The van der Waals surface area contributed by atoms with Crippen LogP contribution in [0.4, 0.5) is 0 Å². The summed E-state index contributed by atoms with van der Waals surface area (Å²) in [5.41, 5.74) is 7.38. The molecule has 0 aliphatic carbocycles. The van der Waals surface area contributed by atoms with Crippen LogP contribution in [-0.4, -0.2) is 31.1 Å². The molecule has 1 aromatic rings. The van der Waals surface area contributed by atoms with Gasteiger partial charge in [-0.25, -0.2) is 0 Å². The zero-order chi connectivity index (χ0) is 12.9. The quantitative estimate of drug-likeness (QED) is 0.819. The second-order valence-corrected chi connectivity index (χ2v) is 5.82. The van der Waals surface area contributed by atoms with E-state index in [0.717, 1.165) is 19.5 Å². The SMILES string of the molecule is CC(Cc1ccccc1)N(C)CC(C)(C)CN. The van der Waals surface area contributed by atoms with Crippen LogP contribution in [0.3, 0.4) is 0 Å². The molecule has 0 bridgehead atoms. The molecule has 0 amide bonds. The molecule has 0 aromatic heterocycles. The van der Waals surface area contributed by atoms with Gasteiger partial charge in [0.25, 0.3) is 0 Å². The van der Waals surface area contributed by atoms with Crippen molar-refractivity contribution in [1.29, 1.82) is 0 Å². The Labute approximate surface area is 106 Å². The second-order valence-electron chi connectivity index (χ2n) is 5.82. The van der Waals surface area contributed by atoms with Crippen molar-refractivity contribution in [2.45, 2.75) is 33.2 Å². The molecule has 0 saturated carbocycles. The van der Waals surface area contributed by atoms with Crippen molar-refractivity contribution in [1.82, 2.24) is 4.90 Å². The van der Waals surface area contributed by atoms with E-state index in [1.165, 1.54) is 5.56 Å². The molecule has 17 heavy (non-hydrogen) atoms. The molecule has 1 rings (SSSR count). The van der Waals surface area contributed by atoms with Gasteiger partial charge in [0.15, 0.2) is 0 Å². The summed E-state index contributed by atoms with van der Waals surface area (Å²) in [4.78, 5) is 2.40. The number of rotatable bonds is 6. The number of nitrogens with zero attached hydrogens (tertiary/aromatic N) is 1. The van der Waals surface area contributed by atoms with Crippen LogP contribution in [0.5, 0.6) is 0 Å². The number of nitrogens with two attached hydrogens (primary N) is 1. The fraction of sp³-hybridized carbons (Fsp3) is 0.600. The summed E-state index contributed by atoms with van der Waals surface area (Å²) in [6, 6.07) is 11.2. The fourth-order valence-electron chi connectivity index (χ4n) is 2.01. The maximum Gasteiger partial charge on any atom is 0.0104 e. The minimum atomic E-state index is 0.194. The van der Waals surface area contributed by atoms with Gasteiger partial charge in [-0.05, 0) is 37.9 Å². The van der Waals surface area contributed by atoms with E-state index in [0.29, 0.717) is 6.04 Å². The number of benzene rings is 1. The predicted octanol–water partition coefficient (Wildman–Crippen LogP) is 2.53. The predicted molar refractivity (Wildman–Crippen MR) is 75.1 cm³/mol. The molecule has 1 unspecified atom stereocenters.